The van der Waals surface area contributed by atoms with Crippen LogP contribution in [0, 0.1) is 12.8 Å². The van der Waals surface area contributed by atoms with E-state index in [9.17, 15) is 42.7 Å². The number of aryl methyl sites for hydroxylation is 1. The lowest BCUT2D eigenvalue weighted by atomic mass is 10.1. The number of nitrogens with one attached hydrogen (secondary N) is 1. The molecule has 3 N–H and O–H groups in total. The molecular formula is C29H33N2O16P3. The van der Waals surface area contributed by atoms with Gasteiger partial charge in [-0.2, -0.15) is 8.62 Å². The van der Waals surface area contributed by atoms with Crippen molar-refractivity contribution >= 4 is 35.4 Å². The number of hydrogen-bond donors (Lipinski definition) is 3. The number of ether oxygens (including phenoxy) is 2. The number of nitrogens with zero attached hydrogens (tertiary/aromatic N) is 1. The molecule has 0 saturated carbocycles. The molecule has 270 valence electrons. The SMILES string of the molecule is CC(=O)Oc1ccc(COP(=O)(OCc2ccc(OC(C)=O)cc2)OP(=O)(O)OP(=O)(O)OC[C@@H]2C=C[C@H](n3cc(C)c(=O)[nH]c3=O)C2)cc1. The van der Waals surface area contributed by atoms with Crippen LogP contribution in [0.3, 0.4) is 0 Å². The van der Waals surface area contributed by atoms with Crippen molar-refractivity contribution in [2.45, 2.75) is 46.4 Å². The van der Waals surface area contributed by atoms with Crippen LogP contribution in [0.1, 0.15) is 43.0 Å². The summed E-state index contributed by atoms with van der Waals surface area (Å²) in [5.74, 6) is -1.28. The van der Waals surface area contributed by atoms with Crippen molar-refractivity contribution in [3.63, 3.8) is 0 Å². The Kier molecular flexibility index (Phi) is 12.9. The van der Waals surface area contributed by atoms with E-state index in [0.29, 0.717) is 16.7 Å². The molecule has 1 aromatic heterocycles. The van der Waals surface area contributed by atoms with E-state index in [1.165, 1.54) is 80.1 Å². The molecular weight excluding hydrogens is 725 g/mol. The maximum atomic E-state index is 13.6. The summed E-state index contributed by atoms with van der Waals surface area (Å²) in [6, 6.07) is 10.8. The third-order valence-electron chi connectivity index (χ3n) is 6.66. The van der Waals surface area contributed by atoms with Crippen LogP contribution in [0.25, 0.3) is 0 Å². The second kappa shape index (κ2) is 16.5. The molecule has 18 nitrogen and oxygen atoms in total. The van der Waals surface area contributed by atoms with Crippen LogP contribution in [0.15, 0.2) is 76.5 Å². The fraction of sp³-hybridized carbons (Fsp3) is 0.310. The Bertz CT molecular complexity index is 1920. The minimum Gasteiger partial charge on any atom is -0.427 e. The van der Waals surface area contributed by atoms with Gasteiger partial charge in [0.15, 0.2) is 0 Å². The van der Waals surface area contributed by atoms with E-state index >= 15 is 0 Å². The quantitative estimate of drug-likeness (QED) is 0.0781. The minimum absolute atomic E-state index is 0.199. The monoisotopic (exact) mass is 758 g/mol. The number of esters is 2. The number of hydrogen-bond acceptors (Lipinski definition) is 14. The van der Waals surface area contributed by atoms with Gasteiger partial charge < -0.3 is 19.3 Å². The van der Waals surface area contributed by atoms with Crippen molar-refractivity contribution in [1.82, 2.24) is 9.55 Å². The highest BCUT2D eigenvalue weighted by molar-refractivity contribution is 7.67. The third-order valence-corrected chi connectivity index (χ3v) is 11.3. The molecule has 50 heavy (non-hydrogen) atoms. The standard InChI is InChI=1S/C29H33N2O16P3/c1-19-15-31(29(35)30-28(19)34)25-9-4-24(14-25)18-41-48(36,37)46-49(38,39)47-50(40,42-16-22-5-10-26(11-6-22)44-20(2)32)43-17-23-7-12-27(13-8-23)45-21(3)33/h4-13,15,24-25H,14,16-18H2,1-3H3,(H,36,37)(H,38,39)(H,30,34,35)/t24-,25+/m1/s1. The van der Waals surface area contributed by atoms with E-state index in [4.69, 9.17) is 27.4 Å². The molecule has 0 fully saturated rings. The Morgan fingerprint density at radius 1 is 0.800 bits per heavy atom. The Balaban J connectivity index is 1.41. The number of carbonyl (C=O) groups excluding carboxylic acids is 2. The highest BCUT2D eigenvalue weighted by Gasteiger charge is 2.44. The van der Waals surface area contributed by atoms with Gasteiger partial charge in [-0.15, -0.1) is 0 Å². The Labute approximate surface area is 284 Å². The number of aromatic nitrogens is 2. The molecule has 0 bridgehead atoms. The van der Waals surface area contributed by atoms with Gasteiger partial charge in [-0.25, -0.2) is 18.5 Å². The number of aromatic amines is 1. The summed E-state index contributed by atoms with van der Waals surface area (Å²) in [7, 11) is -16.2. The summed E-state index contributed by atoms with van der Waals surface area (Å²) in [5, 5.41) is 0. The molecule has 1 heterocycles. The Morgan fingerprint density at radius 2 is 1.32 bits per heavy atom. The van der Waals surface area contributed by atoms with Crippen LogP contribution < -0.4 is 20.7 Å². The summed E-state index contributed by atoms with van der Waals surface area (Å²) in [6.07, 6.45) is 4.78. The van der Waals surface area contributed by atoms with Gasteiger partial charge in [-0.1, -0.05) is 36.4 Å². The lowest BCUT2D eigenvalue weighted by Crippen LogP contribution is -2.32. The highest BCUT2D eigenvalue weighted by atomic mass is 31.3. The maximum absolute atomic E-state index is 13.6. The highest BCUT2D eigenvalue weighted by Crippen LogP contribution is 2.69. The van der Waals surface area contributed by atoms with Gasteiger partial charge in [-0.3, -0.25) is 37.5 Å². The van der Waals surface area contributed by atoms with Gasteiger partial charge in [0.2, 0.25) is 0 Å². The average Bonchev–Trinajstić information content (AvgIpc) is 3.49. The molecule has 2 unspecified atom stereocenters. The number of allylic oxidation sites excluding steroid dienone is 1. The molecule has 0 aliphatic heterocycles. The molecule has 3 aromatic rings. The second-order valence-electron chi connectivity index (χ2n) is 10.8. The topological polar surface area (TPSA) is 245 Å². The van der Waals surface area contributed by atoms with E-state index < -0.39 is 78.4 Å². The largest absolute Gasteiger partial charge is 0.490 e. The summed E-state index contributed by atoms with van der Waals surface area (Å²) < 4.78 is 74.8. The zero-order valence-electron chi connectivity index (χ0n) is 26.7. The molecule has 0 saturated heterocycles. The average molecular weight is 759 g/mol. The van der Waals surface area contributed by atoms with Crippen LogP contribution in [-0.2, 0) is 58.7 Å². The van der Waals surface area contributed by atoms with Gasteiger partial charge in [0.1, 0.15) is 11.5 Å². The van der Waals surface area contributed by atoms with Crippen LogP contribution in [0.2, 0.25) is 0 Å². The maximum Gasteiger partial charge on any atom is 0.490 e. The van der Waals surface area contributed by atoms with Gasteiger partial charge >= 0.3 is 41.1 Å². The number of carbonyl (C=O) groups is 2. The summed E-state index contributed by atoms with van der Waals surface area (Å²) >= 11 is 0. The van der Waals surface area contributed by atoms with Crippen molar-refractivity contribution in [3.8, 4) is 11.5 Å². The van der Waals surface area contributed by atoms with E-state index in [2.05, 4.69) is 9.29 Å². The smallest absolute Gasteiger partial charge is 0.427 e. The van der Waals surface area contributed by atoms with Crippen LogP contribution in [-0.4, -0.2) is 37.9 Å². The van der Waals surface area contributed by atoms with Gasteiger partial charge in [0.25, 0.3) is 5.56 Å². The number of H-pyrrole nitrogens is 1. The van der Waals surface area contributed by atoms with Crippen LogP contribution >= 0.6 is 23.5 Å². The molecule has 0 spiro atoms. The number of rotatable bonds is 16. The van der Waals surface area contributed by atoms with Crippen LogP contribution in [0.5, 0.6) is 11.5 Å². The summed E-state index contributed by atoms with van der Waals surface area (Å²) in [4.78, 5) is 69.0. The molecule has 21 heteroatoms. The first-order chi connectivity index (χ1) is 23.4. The predicted molar refractivity (Wildman–Crippen MR) is 173 cm³/mol. The zero-order chi connectivity index (χ0) is 36.7. The summed E-state index contributed by atoms with van der Waals surface area (Å²) in [6.45, 7) is 2.35. The van der Waals surface area contributed by atoms with Gasteiger partial charge in [0, 0.05) is 31.5 Å². The normalized spacial score (nSPS) is 18.3. The fourth-order valence-corrected chi connectivity index (χ4v) is 8.51. The van der Waals surface area contributed by atoms with Crippen molar-refractivity contribution in [3.05, 3.63) is 104 Å². The molecule has 0 radical (unpaired) electrons. The van der Waals surface area contributed by atoms with Crippen molar-refractivity contribution in [1.29, 1.82) is 0 Å². The third kappa shape index (κ3) is 11.9. The van der Waals surface area contributed by atoms with Gasteiger partial charge in [0.05, 0.1) is 25.9 Å². The van der Waals surface area contributed by atoms with E-state index in [1.807, 2.05) is 0 Å². The molecule has 2 aromatic carbocycles. The predicted octanol–water partition coefficient (Wildman–Crippen LogP) is 4.61. The Morgan fingerprint density at radius 3 is 1.82 bits per heavy atom. The molecule has 4 atom stereocenters. The number of benzene rings is 2. The first kappa shape index (κ1) is 39.0. The molecule has 1 aliphatic rings. The van der Waals surface area contributed by atoms with Crippen molar-refractivity contribution in [2.24, 2.45) is 5.92 Å². The van der Waals surface area contributed by atoms with Crippen molar-refractivity contribution in [2.75, 3.05) is 6.61 Å². The molecule has 0 amide bonds. The molecule has 1 aliphatic carbocycles. The number of phosphoric acid groups is 3. The zero-order valence-corrected chi connectivity index (χ0v) is 29.4. The number of phosphoric ester groups is 2. The first-order valence-corrected chi connectivity index (χ1v) is 19.0. The molecule has 4 rings (SSSR count). The van der Waals surface area contributed by atoms with Crippen LogP contribution in [0.4, 0.5) is 0 Å². The fourth-order valence-electron chi connectivity index (χ4n) is 4.43. The van der Waals surface area contributed by atoms with E-state index in [1.54, 1.807) is 12.2 Å². The minimum atomic E-state index is -5.73. The second-order valence-corrected chi connectivity index (χ2v) is 15.6. The lowest BCUT2D eigenvalue weighted by Gasteiger charge is -2.22. The summed E-state index contributed by atoms with van der Waals surface area (Å²) in [5.41, 5.74) is -0.243. The lowest BCUT2D eigenvalue weighted by molar-refractivity contribution is -0.132. The Hall–Kier alpha value is -3.79. The van der Waals surface area contributed by atoms with E-state index in [0.717, 1.165) is 0 Å². The van der Waals surface area contributed by atoms with Gasteiger partial charge in [-0.05, 0) is 48.7 Å². The first-order valence-electron chi connectivity index (χ1n) is 14.6. The van der Waals surface area contributed by atoms with Crippen molar-refractivity contribution < 1.29 is 64.7 Å². The van der Waals surface area contributed by atoms with E-state index in [-0.39, 0.29) is 17.9 Å².